The Morgan fingerprint density at radius 2 is 2.04 bits per heavy atom. The van der Waals surface area contributed by atoms with Crippen molar-refractivity contribution in [1.82, 2.24) is 9.88 Å². The molecule has 2 aromatic carbocycles. The highest BCUT2D eigenvalue weighted by Crippen LogP contribution is 2.29. The molecule has 1 unspecified atom stereocenters. The van der Waals surface area contributed by atoms with Crippen molar-refractivity contribution in [3.05, 3.63) is 71.0 Å². The highest BCUT2D eigenvalue weighted by molar-refractivity contribution is 7.13. The molecule has 4 rings (SSSR count). The van der Waals surface area contributed by atoms with Crippen molar-refractivity contribution >= 4 is 17.2 Å². The fourth-order valence-electron chi connectivity index (χ4n) is 3.47. The quantitative estimate of drug-likeness (QED) is 0.706. The van der Waals surface area contributed by atoms with E-state index in [0.29, 0.717) is 35.7 Å². The van der Waals surface area contributed by atoms with Crippen molar-refractivity contribution < 1.29 is 19.4 Å². The minimum atomic E-state index is -1.07. The van der Waals surface area contributed by atoms with E-state index in [4.69, 9.17) is 0 Å². The molecule has 1 atom stereocenters. The number of hydrogen-bond acceptors (Lipinski definition) is 5. The van der Waals surface area contributed by atoms with Crippen LogP contribution >= 0.6 is 11.3 Å². The Bertz CT molecular complexity index is 1000. The van der Waals surface area contributed by atoms with Gasteiger partial charge >= 0.3 is 0 Å². The van der Waals surface area contributed by atoms with Gasteiger partial charge in [-0.05, 0) is 48.4 Å². The summed E-state index contributed by atoms with van der Waals surface area (Å²) in [4.78, 5) is 18.8. The Morgan fingerprint density at radius 3 is 2.79 bits per heavy atom. The number of likely N-dealkylation sites (tertiary alicyclic amines) is 1. The zero-order chi connectivity index (χ0) is 19.7. The van der Waals surface area contributed by atoms with Gasteiger partial charge in [0.1, 0.15) is 22.3 Å². The van der Waals surface area contributed by atoms with Crippen LogP contribution in [-0.2, 0) is 6.42 Å². The first-order chi connectivity index (χ1) is 13.4. The van der Waals surface area contributed by atoms with Crippen molar-refractivity contribution in [3.63, 3.8) is 0 Å². The van der Waals surface area contributed by atoms with Crippen LogP contribution < -0.4 is 0 Å². The fourth-order valence-corrected chi connectivity index (χ4v) is 4.27. The number of aromatic nitrogens is 1. The Kier molecular flexibility index (Phi) is 4.87. The smallest absolute Gasteiger partial charge is 0.273 e. The zero-order valence-electron chi connectivity index (χ0n) is 15.0. The van der Waals surface area contributed by atoms with Crippen LogP contribution in [0.3, 0.4) is 0 Å². The lowest BCUT2D eigenvalue weighted by Crippen LogP contribution is -2.37. The Balaban J connectivity index is 1.45. The van der Waals surface area contributed by atoms with Crippen LogP contribution in [0.5, 0.6) is 5.75 Å². The fraction of sp³-hybridized carbons (Fsp3) is 0.238. The van der Waals surface area contributed by atoms with Gasteiger partial charge in [-0.25, -0.2) is 9.37 Å². The maximum atomic E-state index is 13.4. The van der Waals surface area contributed by atoms with Gasteiger partial charge in [0, 0.05) is 23.9 Å². The number of phenols is 1. The molecule has 1 saturated heterocycles. The molecule has 1 amide bonds. The number of benzene rings is 2. The SMILES string of the molecule is O=C(c1csc(-c2ccc(O)cc2)n1)N1CCC(O)(Cc2cccc(F)c2)C1. The third-order valence-corrected chi connectivity index (χ3v) is 5.77. The number of aliphatic hydroxyl groups is 1. The molecule has 5 nitrogen and oxygen atoms in total. The highest BCUT2D eigenvalue weighted by atomic mass is 32.1. The summed E-state index contributed by atoms with van der Waals surface area (Å²) in [6.07, 6.45) is 0.731. The summed E-state index contributed by atoms with van der Waals surface area (Å²) in [5.41, 5.74) is 0.799. The summed E-state index contributed by atoms with van der Waals surface area (Å²) >= 11 is 1.36. The van der Waals surface area contributed by atoms with Gasteiger partial charge in [-0.3, -0.25) is 4.79 Å². The van der Waals surface area contributed by atoms with Crippen molar-refractivity contribution in [2.45, 2.75) is 18.4 Å². The lowest BCUT2D eigenvalue weighted by molar-refractivity contribution is 0.0443. The first kappa shape index (κ1) is 18.6. The highest BCUT2D eigenvalue weighted by Gasteiger charge is 2.39. The third-order valence-electron chi connectivity index (χ3n) is 4.88. The molecule has 0 saturated carbocycles. The van der Waals surface area contributed by atoms with Crippen LogP contribution in [0.25, 0.3) is 10.6 Å². The van der Waals surface area contributed by atoms with Crippen LogP contribution in [0.2, 0.25) is 0 Å². The van der Waals surface area contributed by atoms with Crippen LogP contribution in [0.15, 0.2) is 53.9 Å². The molecule has 7 heteroatoms. The van der Waals surface area contributed by atoms with E-state index in [2.05, 4.69) is 4.98 Å². The number of aromatic hydroxyl groups is 1. The molecule has 1 fully saturated rings. The topological polar surface area (TPSA) is 73.7 Å². The predicted molar refractivity (Wildman–Crippen MR) is 105 cm³/mol. The summed E-state index contributed by atoms with van der Waals surface area (Å²) in [7, 11) is 0. The number of hydrogen-bond donors (Lipinski definition) is 2. The van der Waals surface area contributed by atoms with Gasteiger partial charge in [-0.2, -0.15) is 0 Å². The summed E-state index contributed by atoms with van der Waals surface area (Å²) in [5.74, 6) is -0.390. The summed E-state index contributed by atoms with van der Waals surface area (Å²) < 4.78 is 13.4. The lowest BCUT2D eigenvalue weighted by Gasteiger charge is -2.23. The van der Waals surface area contributed by atoms with Gasteiger partial charge in [-0.1, -0.05) is 12.1 Å². The number of β-amino-alcohol motifs (C(OH)–C–C–N with tert-alkyl or cyclic N) is 1. The molecule has 1 aliphatic rings. The molecular formula is C21H19FN2O3S. The maximum Gasteiger partial charge on any atom is 0.273 e. The van der Waals surface area contributed by atoms with E-state index in [0.717, 1.165) is 5.56 Å². The number of carbonyl (C=O) groups is 1. The van der Waals surface area contributed by atoms with Crippen LogP contribution in [0, 0.1) is 5.82 Å². The largest absolute Gasteiger partial charge is 0.508 e. The molecule has 1 aliphatic heterocycles. The van der Waals surface area contributed by atoms with E-state index in [-0.39, 0.29) is 24.0 Å². The molecule has 2 heterocycles. The monoisotopic (exact) mass is 398 g/mol. The molecular weight excluding hydrogens is 379 g/mol. The van der Waals surface area contributed by atoms with E-state index in [9.17, 15) is 19.4 Å². The molecule has 0 bridgehead atoms. The third kappa shape index (κ3) is 3.90. The van der Waals surface area contributed by atoms with Crippen LogP contribution in [0.1, 0.15) is 22.5 Å². The lowest BCUT2D eigenvalue weighted by atomic mass is 9.94. The summed E-state index contributed by atoms with van der Waals surface area (Å²) in [5, 5.41) is 22.6. The van der Waals surface area contributed by atoms with Crippen LogP contribution in [-0.4, -0.2) is 44.7 Å². The number of phenolic OH excluding ortho intramolecular Hbond substituents is 1. The molecule has 1 aromatic heterocycles. The minimum absolute atomic E-state index is 0.172. The van der Waals surface area contributed by atoms with Gasteiger partial charge in [0.2, 0.25) is 0 Å². The number of carbonyl (C=O) groups excluding carboxylic acids is 1. The average Bonchev–Trinajstić information content (AvgIpc) is 3.29. The van der Waals surface area contributed by atoms with E-state index < -0.39 is 5.60 Å². The van der Waals surface area contributed by atoms with E-state index in [1.54, 1.807) is 46.7 Å². The van der Waals surface area contributed by atoms with Crippen LogP contribution in [0.4, 0.5) is 4.39 Å². The van der Waals surface area contributed by atoms with Crippen molar-refractivity contribution in [1.29, 1.82) is 0 Å². The van der Waals surface area contributed by atoms with Gasteiger partial charge < -0.3 is 15.1 Å². The first-order valence-corrected chi connectivity index (χ1v) is 9.81. The maximum absolute atomic E-state index is 13.4. The summed E-state index contributed by atoms with van der Waals surface area (Å²) in [6.45, 7) is 0.616. The number of halogens is 1. The van der Waals surface area contributed by atoms with E-state index in [1.165, 1.54) is 23.5 Å². The Morgan fingerprint density at radius 1 is 1.25 bits per heavy atom. The molecule has 28 heavy (non-hydrogen) atoms. The normalized spacial score (nSPS) is 19.1. The van der Waals surface area contributed by atoms with Crippen molar-refractivity contribution in [3.8, 4) is 16.3 Å². The standard InChI is InChI=1S/C21H19FN2O3S/c22-16-3-1-2-14(10-16)11-21(27)8-9-24(13-21)20(26)18-12-28-19(23-18)15-4-6-17(25)7-5-15/h1-7,10,12,25,27H,8-9,11,13H2. The number of rotatable bonds is 4. The Hall–Kier alpha value is -2.77. The van der Waals surface area contributed by atoms with E-state index >= 15 is 0 Å². The van der Waals surface area contributed by atoms with Gasteiger partial charge in [0.05, 0.1) is 12.1 Å². The number of amides is 1. The van der Waals surface area contributed by atoms with Crippen molar-refractivity contribution in [2.75, 3.05) is 13.1 Å². The van der Waals surface area contributed by atoms with Crippen molar-refractivity contribution in [2.24, 2.45) is 0 Å². The number of nitrogens with zero attached hydrogens (tertiary/aromatic N) is 2. The summed E-state index contributed by atoms with van der Waals surface area (Å²) in [6, 6.07) is 12.8. The minimum Gasteiger partial charge on any atom is -0.508 e. The Labute approximate surface area is 165 Å². The first-order valence-electron chi connectivity index (χ1n) is 8.93. The van der Waals surface area contributed by atoms with E-state index in [1.807, 2.05) is 0 Å². The molecule has 0 aliphatic carbocycles. The van der Waals surface area contributed by atoms with Gasteiger partial charge in [0.25, 0.3) is 5.91 Å². The number of thiazole rings is 1. The molecule has 0 spiro atoms. The van der Waals surface area contributed by atoms with Gasteiger partial charge in [0.15, 0.2) is 0 Å². The zero-order valence-corrected chi connectivity index (χ0v) is 15.8. The predicted octanol–water partition coefficient (Wildman–Crippen LogP) is 3.47. The van der Waals surface area contributed by atoms with Gasteiger partial charge in [-0.15, -0.1) is 11.3 Å². The second-order valence-electron chi connectivity index (χ2n) is 7.09. The molecule has 0 radical (unpaired) electrons. The molecule has 144 valence electrons. The second kappa shape index (κ2) is 7.33. The molecule has 2 N–H and O–H groups in total. The second-order valence-corrected chi connectivity index (χ2v) is 7.95. The molecule has 3 aromatic rings. The average molecular weight is 398 g/mol.